The molecular weight excluding hydrogens is 248 g/mol. The lowest BCUT2D eigenvalue weighted by Crippen LogP contribution is -2.56. The topological polar surface area (TPSA) is 32.3 Å². The van der Waals surface area contributed by atoms with Crippen molar-refractivity contribution in [2.75, 3.05) is 19.6 Å². The van der Waals surface area contributed by atoms with Gasteiger partial charge in [0, 0.05) is 25.0 Å². The van der Waals surface area contributed by atoms with E-state index in [-0.39, 0.29) is 0 Å². The van der Waals surface area contributed by atoms with Gasteiger partial charge in [0.25, 0.3) is 0 Å². The fourth-order valence-electron chi connectivity index (χ4n) is 4.65. The molecule has 3 aliphatic heterocycles. The van der Waals surface area contributed by atoms with E-state index in [0.717, 1.165) is 31.2 Å². The van der Waals surface area contributed by atoms with Gasteiger partial charge in [-0.25, -0.2) is 0 Å². The van der Waals surface area contributed by atoms with E-state index in [9.17, 15) is 4.79 Å². The van der Waals surface area contributed by atoms with E-state index < -0.39 is 0 Å². The van der Waals surface area contributed by atoms with Crippen LogP contribution in [-0.4, -0.2) is 36.5 Å². The number of carbonyl (C=O) groups excluding carboxylic acids is 1. The summed E-state index contributed by atoms with van der Waals surface area (Å²) in [4.78, 5) is 14.9. The predicted molar refractivity (Wildman–Crippen MR) is 81.5 cm³/mol. The Balaban J connectivity index is 1.46. The average Bonchev–Trinajstić information content (AvgIpc) is 2.53. The molecule has 1 unspecified atom stereocenters. The molecule has 4 rings (SSSR count). The monoisotopic (exact) mass is 278 g/mol. The predicted octanol–water partition coefficient (Wildman–Crippen LogP) is 2.80. The maximum absolute atomic E-state index is 12.2. The van der Waals surface area contributed by atoms with Crippen LogP contribution in [0.25, 0.3) is 0 Å². The van der Waals surface area contributed by atoms with Gasteiger partial charge in [0.15, 0.2) is 0 Å². The Kier molecular flexibility index (Phi) is 4.65. The number of piperidine rings is 3. The Bertz CT molecular complexity index is 338. The number of carbonyl (C=O) groups is 1. The second kappa shape index (κ2) is 6.46. The lowest BCUT2D eigenvalue weighted by molar-refractivity contribution is -0.126. The van der Waals surface area contributed by atoms with E-state index in [4.69, 9.17) is 0 Å². The molecule has 0 aromatic rings. The van der Waals surface area contributed by atoms with E-state index in [1.807, 2.05) is 0 Å². The van der Waals surface area contributed by atoms with Crippen LogP contribution in [0.5, 0.6) is 0 Å². The van der Waals surface area contributed by atoms with Crippen molar-refractivity contribution in [1.29, 1.82) is 0 Å². The number of nitrogens with zero attached hydrogens (tertiary/aromatic N) is 1. The summed E-state index contributed by atoms with van der Waals surface area (Å²) < 4.78 is 0. The lowest BCUT2D eigenvalue weighted by Gasteiger charge is -2.50. The van der Waals surface area contributed by atoms with E-state index in [1.165, 1.54) is 51.6 Å². The first-order valence-electron chi connectivity index (χ1n) is 8.79. The standard InChI is InChI=1S/C17H30N2O/c1-2-13-12-19-9-8-15(13)10-16(19)11-18-17(20)14-6-4-3-5-7-14/h13-16H,2-12H2,1H3,(H,18,20)/t13-,15-,16+/m0/s1. The van der Waals surface area contributed by atoms with Gasteiger partial charge in [0.05, 0.1) is 0 Å². The van der Waals surface area contributed by atoms with Crippen LogP contribution in [0.2, 0.25) is 0 Å². The van der Waals surface area contributed by atoms with E-state index in [2.05, 4.69) is 17.1 Å². The molecule has 1 amide bonds. The van der Waals surface area contributed by atoms with Crippen LogP contribution >= 0.6 is 0 Å². The summed E-state index contributed by atoms with van der Waals surface area (Å²) in [5.41, 5.74) is 0. The maximum Gasteiger partial charge on any atom is 0.223 e. The van der Waals surface area contributed by atoms with Crippen LogP contribution in [0.3, 0.4) is 0 Å². The van der Waals surface area contributed by atoms with Gasteiger partial charge in [-0.05, 0) is 44.1 Å². The van der Waals surface area contributed by atoms with Crippen molar-refractivity contribution in [3.8, 4) is 0 Å². The highest BCUT2D eigenvalue weighted by molar-refractivity contribution is 5.78. The second-order valence-corrected chi connectivity index (χ2v) is 7.18. The summed E-state index contributed by atoms with van der Waals surface area (Å²) in [6.07, 6.45) is 10.0. The molecule has 3 nitrogen and oxygen atoms in total. The number of amides is 1. The first kappa shape index (κ1) is 14.4. The minimum Gasteiger partial charge on any atom is -0.354 e. The number of hydrogen-bond donors (Lipinski definition) is 1. The zero-order valence-corrected chi connectivity index (χ0v) is 12.9. The van der Waals surface area contributed by atoms with Crippen LogP contribution in [0.1, 0.15) is 58.3 Å². The summed E-state index contributed by atoms with van der Waals surface area (Å²) in [6, 6.07) is 0.615. The number of rotatable bonds is 4. The van der Waals surface area contributed by atoms with Crippen LogP contribution < -0.4 is 5.32 Å². The van der Waals surface area contributed by atoms with Crippen LogP contribution in [0.15, 0.2) is 0 Å². The molecule has 1 N–H and O–H groups in total. The van der Waals surface area contributed by atoms with Crippen molar-refractivity contribution in [2.24, 2.45) is 17.8 Å². The van der Waals surface area contributed by atoms with Crippen LogP contribution in [0.4, 0.5) is 0 Å². The molecule has 1 saturated carbocycles. The molecule has 20 heavy (non-hydrogen) atoms. The number of fused-ring (bicyclic) bond motifs is 3. The Labute approximate surface area is 123 Å². The van der Waals surface area contributed by atoms with Gasteiger partial charge >= 0.3 is 0 Å². The fraction of sp³-hybridized carbons (Fsp3) is 0.941. The minimum atomic E-state index is 0.308. The van der Waals surface area contributed by atoms with Gasteiger partial charge < -0.3 is 5.32 Å². The first-order valence-corrected chi connectivity index (χ1v) is 8.79. The molecule has 0 spiro atoms. The molecule has 0 aromatic heterocycles. The second-order valence-electron chi connectivity index (χ2n) is 7.18. The zero-order chi connectivity index (χ0) is 13.9. The first-order chi connectivity index (χ1) is 9.78. The summed E-state index contributed by atoms with van der Waals surface area (Å²) in [5, 5.41) is 3.26. The van der Waals surface area contributed by atoms with Gasteiger partial charge in [0.2, 0.25) is 5.91 Å². The van der Waals surface area contributed by atoms with Crippen molar-refractivity contribution in [3.05, 3.63) is 0 Å². The van der Waals surface area contributed by atoms with Crippen LogP contribution in [-0.2, 0) is 4.79 Å². The van der Waals surface area contributed by atoms with Gasteiger partial charge in [-0.15, -0.1) is 0 Å². The molecular formula is C17H30N2O. The van der Waals surface area contributed by atoms with Gasteiger partial charge in [0.1, 0.15) is 0 Å². The van der Waals surface area contributed by atoms with E-state index >= 15 is 0 Å². The average molecular weight is 278 g/mol. The highest BCUT2D eigenvalue weighted by Gasteiger charge is 2.39. The summed E-state index contributed by atoms with van der Waals surface area (Å²) in [6.45, 7) is 5.74. The van der Waals surface area contributed by atoms with Crippen LogP contribution in [0, 0.1) is 17.8 Å². The van der Waals surface area contributed by atoms with Gasteiger partial charge in [-0.3, -0.25) is 9.69 Å². The minimum absolute atomic E-state index is 0.308. The number of nitrogens with one attached hydrogen (secondary N) is 1. The molecule has 4 atom stereocenters. The quantitative estimate of drug-likeness (QED) is 0.857. The summed E-state index contributed by atoms with van der Waals surface area (Å²) >= 11 is 0. The molecule has 0 aromatic carbocycles. The SMILES string of the molecule is CC[C@H]1CN2CC[C@H]1C[C@@H]2CNC(=O)C1CCCCC1. The summed E-state index contributed by atoms with van der Waals surface area (Å²) in [5.74, 6) is 2.47. The highest BCUT2D eigenvalue weighted by atomic mass is 16.1. The third kappa shape index (κ3) is 3.03. The molecule has 1 aliphatic carbocycles. The Morgan fingerprint density at radius 3 is 2.65 bits per heavy atom. The zero-order valence-electron chi connectivity index (χ0n) is 12.9. The Morgan fingerprint density at radius 1 is 1.20 bits per heavy atom. The normalized spacial score (nSPS) is 37.9. The van der Waals surface area contributed by atoms with Gasteiger partial charge in [-0.1, -0.05) is 32.6 Å². The fourth-order valence-corrected chi connectivity index (χ4v) is 4.65. The van der Waals surface area contributed by atoms with Crippen molar-refractivity contribution in [1.82, 2.24) is 10.2 Å². The molecule has 114 valence electrons. The van der Waals surface area contributed by atoms with Crippen molar-refractivity contribution in [2.45, 2.75) is 64.3 Å². The third-order valence-electron chi connectivity index (χ3n) is 6.03. The highest BCUT2D eigenvalue weighted by Crippen LogP contribution is 2.37. The van der Waals surface area contributed by atoms with Gasteiger partial charge in [-0.2, -0.15) is 0 Å². The maximum atomic E-state index is 12.2. The molecule has 3 heterocycles. The third-order valence-corrected chi connectivity index (χ3v) is 6.03. The van der Waals surface area contributed by atoms with Crippen molar-refractivity contribution >= 4 is 5.91 Å². The molecule has 3 saturated heterocycles. The smallest absolute Gasteiger partial charge is 0.223 e. The molecule has 3 heteroatoms. The molecule has 2 bridgehead atoms. The molecule has 4 aliphatic rings. The molecule has 0 radical (unpaired) electrons. The van der Waals surface area contributed by atoms with Crippen molar-refractivity contribution < 1.29 is 4.79 Å². The Morgan fingerprint density at radius 2 is 2.00 bits per heavy atom. The Hall–Kier alpha value is -0.570. The lowest BCUT2D eigenvalue weighted by atomic mass is 9.74. The molecule has 4 fully saturated rings. The largest absolute Gasteiger partial charge is 0.354 e. The number of hydrogen-bond acceptors (Lipinski definition) is 2. The van der Waals surface area contributed by atoms with E-state index in [0.29, 0.717) is 17.9 Å². The van der Waals surface area contributed by atoms with Crippen molar-refractivity contribution in [3.63, 3.8) is 0 Å². The summed E-state index contributed by atoms with van der Waals surface area (Å²) in [7, 11) is 0. The van der Waals surface area contributed by atoms with E-state index in [1.54, 1.807) is 0 Å².